The predicted molar refractivity (Wildman–Crippen MR) is 117 cm³/mol. The third-order valence-electron chi connectivity index (χ3n) is 4.76. The average molecular weight is 412 g/mol. The van der Waals surface area contributed by atoms with E-state index in [0.717, 1.165) is 16.5 Å². The van der Waals surface area contributed by atoms with Crippen molar-refractivity contribution in [1.82, 2.24) is 19.4 Å². The number of fused-ring (bicyclic) bond motifs is 1. The highest BCUT2D eigenvalue weighted by atomic mass is 16.6. The van der Waals surface area contributed by atoms with Crippen molar-refractivity contribution >= 4 is 22.9 Å². The van der Waals surface area contributed by atoms with Gasteiger partial charge in [0, 0.05) is 32.5 Å². The molecule has 30 heavy (non-hydrogen) atoms. The number of hydrogen-bond acceptors (Lipinski definition) is 6. The Kier molecular flexibility index (Phi) is 6.26. The topological polar surface area (TPSA) is 95.5 Å². The van der Waals surface area contributed by atoms with Crippen molar-refractivity contribution in [2.45, 2.75) is 39.0 Å². The minimum atomic E-state index is -0.578. The maximum Gasteiger partial charge on any atom is 0.410 e. The van der Waals surface area contributed by atoms with Crippen LogP contribution in [0.15, 0.2) is 42.9 Å². The van der Waals surface area contributed by atoms with Gasteiger partial charge in [-0.25, -0.2) is 14.8 Å². The van der Waals surface area contributed by atoms with Gasteiger partial charge < -0.3 is 24.7 Å². The summed E-state index contributed by atoms with van der Waals surface area (Å²) in [5.41, 5.74) is 8.30. The molecule has 2 aromatic heterocycles. The van der Waals surface area contributed by atoms with Gasteiger partial charge in [0.2, 0.25) is 0 Å². The highest BCUT2D eigenvalue weighted by molar-refractivity contribution is 6.00. The lowest BCUT2D eigenvalue weighted by molar-refractivity contribution is 0.0108. The molecule has 0 radical (unpaired) electrons. The van der Waals surface area contributed by atoms with E-state index in [9.17, 15) is 4.79 Å². The maximum absolute atomic E-state index is 12.6. The standard InChI is InChI=1S/C22H29N5O3/c1-22(2,3)30-21(28)26(4)16(13-29-5)11-27-12-17(15-9-7-6-8-10-15)18-19(23)24-14-25-20(18)27/h6-10,12,14,16H,11,13H2,1-5H3,(H2,23,24,25). The van der Waals surface area contributed by atoms with Gasteiger partial charge in [-0.05, 0) is 26.3 Å². The molecule has 1 unspecified atom stereocenters. The second kappa shape index (κ2) is 8.71. The summed E-state index contributed by atoms with van der Waals surface area (Å²) in [5, 5.41) is 0.791. The number of nitrogen functional groups attached to an aromatic ring is 1. The second-order valence-electron chi connectivity index (χ2n) is 8.22. The molecule has 0 aliphatic carbocycles. The van der Waals surface area contributed by atoms with E-state index in [4.69, 9.17) is 15.2 Å². The van der Waals surface area contributed by atoms with Gasteiger partial charge in [0.25, 0.3) is 0 Å². The van der Waals surface area contributed by atoms with E-state index in [2.05, 4.69) is 9.97 Å². The fourth-order valence-electron chi connectivity index (χ4n) is 3.31. The van der Waals surface area contributed by atoms with Gasteiger partial charge in [0.15, 0.2) is 0 Å². The SMILES string of the molecule is COCC(Cn1cc(-c2ccccc2)c2c(N)ncnc21)N(C)C(=O)OC(C)(C)C. The number of rotatable bonds is 6. The van der Waals surface area contributed by atoms with Crippen LogP contribution in [0, 0.1) is 0 Å². The number of benzene rings is 1. The van der Waals surface area contributed by atoms with Crippen molar-refractivity contribution in [2.24, 2.45) is 0 Å². The average Bonchev–Trinajstić information content (AvgIpc) is 3.06. The Morgan fingerprint density at radius 3 is 2.57 bits per heavy atom. The molecule has 0 saturated heterocycles. The zero-order chi connectivity index (χ0) is 21.9. The molecule has 160 valence electrons. The number of aromatic nitrogens is 3. The summed E-state index contributed by atoms with van der Waals surface area (Å²) in [4.78, 5) is 22.8. The first-order valence-electron chi connectivity index (χ1n) is 9.80. The largest absolute Gasteiger partial charge is 0.444 e. The van der Waals surface area contributed by atoms with Crippen LogP contribution in [0.25, 0.3) is 22.2 Å². The summed E-state index contributed by atoms with van der Waals surface area (Å²) in [6, 6.07) is 9.69. The summed E-state index contributed by atoms with van der Waals surface area (Å²) in [6.45, 7) is 6.33. The Morgan fingerprint density at radius 1 is 1.23 bits per heavy atom. The molecule has 8 heteroatoms. The molecule has 0 aliphatic rings. The summed E-state index contributed by atoms with van der Waals surface area (Å²) in [6.07, 6.45) is 3.04. The molecule has 1 amide bonds. The minimum Gasteiger partial charge on any atom is -0.444 e. The summed E-state index contributed by atoms with van der Waals surface area (Å²) in [7, 11) is 3.32. The smallest absolute Gasteiger partial charge is 0.410 e. The number of hydrogen-bond donors (Lipinski definition) is 1. The van der Waals surface area contributed by atoms with E-state index >= 15 is 0 Å². The molecular formula is C22H29N5O3. The van der Waals surface area contributed by atoms with Crippen LogP contribution < -0.4 is 5.73 Å². The number of anilines is 1. The van der Waals surface area contributed by atoms with Crippen LogP contribution in [-0.2, 0) is 16.0 Å². The highest BCUT2D eigenvalue weighted by Crippen LogP contribution is 2.32. The van der Waals surface area contributed by atoms with E-state index in [1.165, 1.54) is 6.33 Å². The Labute approximate surface area is 176 Å². The lowest BCUT2D eigenvalue weighted by atomic mass is 10.1. The maximum atomic E-state index is 12.6. The summed E-state index contributed by atoms with van der Waals surface area (Å²) in [5.74, 6) is 0.418. The minimum absolute atomic E-state index is 0.264. The van der Waals surface area contributed by atoms with Crippen molar-refractivity contribution in [3.8, 4) is 11.1 Å². The van der Waals surface area contributed by atoms with Gasteiger partial charge in [-0.2, -0.15) is 0 Å². The Balaban J connectivity index is 1.99. The predicted octanol–water partition coefficient (Wildman–Crippen LogP) is 3.56. The molecular weight excluding hydrogens is 382 g/mol. The molecule has 2 N–H and O–H groups in total. The van der Waals surface area contributed by atoms with Crippen LogP contribution >= 0.6 is 0 Å². The molecule has 2 heterocycles. The van der Waals surface area contributed by atoms with E-state index in [1.54, 1.807) is 19.1 Å². The number of nitrogens with two attached hydrogens (primary N) is 1. The first-order chi connectivity index (χ1) is 14.2. The molecule has 3 rings (SSSR count). The lowest BCUT2D eigenvalue weighted by Gasteiger charge is -2.30. The lowest BCUT2D eigenvalue weighted by Crippen LogP contribution is -2.45. The summed E-state index contributed by atoms with van der Waals surface area (Å²) < 4.78 is 12.9. The Hall–Kier alpha value is -3.13. The van der Waals surface area contributed by atoms with E-state index in [-0.39, 0.29) is 6.04 Å². The number of carbonyl (C=O) groups is 1. The van der Waals surface area contributed by atoms with Crippen molar-refractivity contribution < 1.29 is 14.3 Å². The number of methoxy groups -OCH3 is 1. The van der Waals surface area contributed by atoms with Crippen LogP contribution in [0.5, 0.6) is 0 Å². The monoisotopic (exact) mass is 411 g/mol. The van der Waals surface area contributed by atoms with Gasteiger partial charge in [0.05, 0.1) is 18.0 Å². The van der Waals surface area contributed by atoms with Crippen molar-refractivity contribution in [3.63, 3.8) is 0 Å². The molecule has 0 fully saturated rings. The number of carbonyl (C=O) groups excluding carboxylic acids is 1. The quantitative estimate of drug-likeness (QED) is 0.666. The summed E-state index contributed by atoms with van der Waals surface area (Å²) >= 11 is 0. The Bertz CT molecular complexity index is 1010. The fraction of sp³-hybridized carbons (Fsp3) is 0.409. The van der Waals surface area contributed by atoms with E-state index in [1.807, 2.05) is 61.9 Å². The van der Waals surface area contributed by atoms with Gasteiger partial charge in [-0.1, -0.05) is 30.3 Å². The van der Waals surface area contributed by atoms with Crippen molar-refractivity contribution in [2.75, 3.05) is 26.5 Å². The zero-order valence-corrected chi connectivity index (χ0v) is 18.1. The molecule has 3 aromatic rings. The fourth-order valence-corrected chi connectivity index (χ4v) is 3.31. The molecule has 0 saturated carbocycles. The third-order valence-corrected chi connectivity index (χ3v) is 4.76. The molecule has 0 aliphatic heterocycles. The number of amides is 1. The van der Waals surface area contributed by atoms with Crippen molar-refractivity contribution in [1.29, 1.82) is 0 Å². The molecule has 1 aromatic carbocycles. The van der Waals surface area contributed by atoms with Crippen LogP contribution in [0.4, 0.5) is 10.6 Å². The first kappa shape index (κ1) is 21.6. The van der Waals surface area contributed by atoms with Crippen LogP contribution in [-0.4, -0.2) is 57.9 Å². The second-order valence-corrected chi connectivity index (χ2v) is 8.22. The van der Waals surface area contributed by atoms with Crippen LogP contribution in [0.2, 0.25) is 0 Å². The molecule has 0 bridgehead atoms. The normalized spacial score (nSPS) is 12.7. The van der Waals surface area contributed by atoms with Crippen molar-refractivity contribution in [3.05, 3.63) is 42.9 Å². The van der Waals surface area contributed by atoms with E-state index in [0.29, 0.717) is 24.6 Å². The number of likely N-dealkylation sites (N-methyl/N-ethyl adjacent to an activating group) is 1. The van der Waals surface area contributed by atoms with Gasteiger partial charge >= 0.3 is 6.09 Å². The molecule has 8 nitrogen and oxygen atoms in total. The first-order valence-corrected chi connectivity index (χ1v) is 9.80. The van der Waals surface area contributed by atoms with Gasteiger partial charge in [-0.3, -0.25) is 0 Å². The van der Waals surface area contributed by atoms with Crippen LogP contribution in [0.3, 0.4) is 0 Å². The third kappa shape index (κ3) is 4.71. The highest BCUT2D eigenvalue weighted by Gasteiger charge is 2.27. The number of ether oxygens (including phenoxy) is 2. The molecule has 0 spiro atoms. The van der Waals surface area contributed by atoms with Gasteiger partial charge in [0.1, 0.15) is 23.4 Å². The Morgan fingerprint density at radius 2 is 1.93 bits per heavy atom. The van der Waals surface area contributed by atoms with Gasteiger partial charge in [-0.15, -0.1) is 0 Å². The van der Waals surface area contributed by atoms with Crippen LogP contribution in [0.1, 0.15) is 20.8 Å². The number of nitrogens with zero attached hydrogens (tertiary/aromatic N) is 4. The van der Waals surface area contributed by atoms with E-state index < -0.39 is 11.7 Å². The zero-order valence-electron chi connectivity index (χ0n) is 18.1. The molecule has 1 atom stereocenters.